The van der Waals surface area contributed by atoms with Gasteiger partial charge in [0.05, 0.1) is 6.07 Å². The molecule has 1 unspecified atom stereocenters. The molecule has 0 spiro atoms. The minimum Gasteiger partial charge on any atom is -0.339 e. The van der Waals surface area contributed by atoms with Crippen molar-refractivity contribution in [3.8, 4) is 6.07 Å². The monoisotopic (exact) mass is 178 g/mol. The topological polar surface area (TPSA) is 62.1 Å². The van der Waals surface area contributed by atoms with Crippen LogP contribution in [0.25, 0.3) is 0 Å². The zero-order chi connectivity index (χ0) is 9.56. The van der Waals surface area contributed by atoms with Crippen LogP contribution in [0, 0.1) is 11.3 Å². The van der Waals surface area contributed by atoms with Gasteiger partial charge in [0.15, 0.2) is 0 Å². The molecule has 0 aromatic rings. The van der Waals surface area contributed by atoms with Crippen molar-refractivity contribution in [1.29, 1.82) is 5.26 Å². The summed E-state index contributed by atoms with van der Waals surface area (Å²) in [5, 5.41) is 10.3. The lowest BCUT2D eigenvalue weighted by molar-refractivity contribution is -0.152. The van der Waals surface area contributed by atoms with Gasteiger partial charge in [0.1, 0.15) is 12.6 Å². The second-order valence-electron chi connectivity index (χ2n) is 1.99. The Balaban J connectivity index is 3.55. The zero-order valence-electron chi connectivity index (χ0n) is 6.38. The summed E-state index contributed by atoms with van der Waals surface area (Å²) in [6, 6.07) is 1.01. The number of nitrogens with one attached hydrogen (secondary N) is 1. The third-order valence-corrected chi connectivity index (χ3v) is 0.912. The van der Waals surface area contributed by atoms with Gasteiger partial charge in [0.2, 0.25) is 5.91 Å². The van der Waals surface area contributed by atoms with E-state index in [4.69, 9.17) is 5.26 Å². The van der Waals surface area contributed by atoms with E-state index in [0.717, 1.165) is 0 Å². The van der Waals surface area contributed by atoms with Crippen LogP contribution in [-0.4, -0.2) is 25.2 Å². The fourth-order valence-corrected chi connectivity index (χ4v) is 0.454. The Morgan fingerprint density at radius 3 is 2.75 bits per heavy atom. The number of nitrogens with zero attached hydrogens (tertiary/aromatic N) is 1. The third-order valence-electron chi connectivity index (χ3n) is 0.912. The highest BCUT2D eigenvalue weighted by Gasteiger charge is 2.09. The van der Waals surface area contributed by atoms with Crippen molar-refractivity contribution in [2.45, 2.75) is 19.6 Å². The van der Waals surface area contributed by atoms with Crippen molar-refractivity contribution in [2.24, 2.45) is 0 Å². The standard InChI is InChI=1S/C6H8F2N2O2/c1-4(2-9)10-5(11)3-12-6(7)8/h4,6H,3H2,1H3,(H,10,11). The molecule has 0 saturated carbocycles. The second kappa shape index (κ2) is 5.43. The number of amides is 1. The Labute approximate surface area is 68.1 Å². The number of alkyl halides is 2. The summed E-state index contributed by atoms with van der Waals surface area (Å²) >= 11 is 0. The summed E-state index contributed by atoms with van der Waals surface area (Å²) in [6.07, 6.45) is 0. The number of carbonyl (C=O) groups excluding carboxylic acids is 1. The molecule has 0 rings (SSSR count). The summed E-state index contributed by atoms with van der Waals surface area (Å²) in [5.41, 5.74) is 0. The fourth-order valence-electron chi connectivity index (χ4n) is 0.454. The number of carbonyl (C=O) groups is 1. The van der Waals surface area contributed by atoms with Crippen LogP contribution in [0.1, 0.15) is 6.92 Å². The first-order valence-corrected chi connectivity index (χ1v) is 3.15. The smallest absolute Gasteiger partial charge is 0.339 e. The molecule has 0 bridgehead atoms. The largest absolute Gasteiger partial charge is 0.345 e. The van der Waals surface area contributed by atoms with Crippen molar-refractivity contribution in [3.63, 3.8) is 0 Å². The molecule has 0 heterocycles. The van der Waals surface area contributed by atoms with Crippen LogP contribution in [0.2, 0.25) is 0 Å². The maximum Gasteiger partial charge on any atom is 0.345 e. The van der Waals surface area contributed by atoms with E-state index < -0.39 is 25.2 Å². The molecule has 0 radical (unpaired) electrons. The van der Waals surface area contributed by atoms with E-state index in [9.17, 15) is 13.6 Å². The SMILES string of the molecule is CC(C#N)NC(=O)COC(F)F. The van der Waals surface area contributed by atoms with Gasteiger partial charge in [0, 0.05) is 0 Å². The minimum atomic E-state index is -2.96. The lowest BCUT2D eigenvalue weighted by Crippen LogP contribution is -2.34. The Kier molecular flexibility index (Phi) is 4.88. The number of nitriles is 1. The van der Waals surface area contributed by atoms with Crippen LogP contribution < -0.4 is 5.32 Å². The molecule has 1 N–H and O–H groups in total. The van der Waals surface area contributed by atoms with E-state index in [-0.39, 0.29) is 0 Å². The molecule has 0 aliphatic rings. The Hall–Kier alpha value is -1.22. The van der Waals surface area contributed by atoms with Gasteiger partial charge in [-0.25, -0.2) is 0 Å². The molecule has 0 aliphatic carbocycles. The van der Waals surface area contributed by atoms with Crippen LogP contribution in [0.5, 0.6) is 0 Å². The molecular weight excluding hydrogens is 170 g/mol. The van der Waals surface area contributed by atoms with Crippen molar-refractivity contribution in [2.75, 3.05) is 6.61 Å². The van der Waals surface area contributed by atoms with Gasteiger partial charge in [-0.2, -0.15) is 14.0 Å². The lowest BCUT2D eigenvalue weighted by atomic mass is 10.4. The summed E-state index contributed by atoms with van der Waals surface area (Å²) in [6.45, 7) is -2.27. The van der Waals surface area contributed by atoms with E-state index in [0.29, 0.717) is 0 Å². The van der Waals surface area contributed by atoms with Gasteiger partial charge in [0.25, 0.3) is 0 Å². The Morgan fingerprint density at radius 1 is 1.75 bits per heavy atom. The highest BCUT2D eigenvalue weighted by Crippen LogP contribution is 1.93. The van der Waals surface area contributed by atoms with Crippen molar-refractivity contribution < 1.29 is 18.3 Å². The molecule has 0 fully saturated rings. The van der Waals surface area contributed by atoms with Gasteiger partial charge in [-0.05, 0) is 6.92 Å². The van der Waals surface area contributed by atoms with E-state index >= 15 is 0 Å². The number of ether oxygens (including phenoxy) is 1. The summed E-state index contributed by atoms with van der Waals surface area (Å²) < 4.78 is 26.4. The first kappa shape index (κ1) is 10.8. The minimum absolute atomic E-state index is 0.696. The molecule has 0 aliphatic heterocycles. The zero-order valence-corrected chi connectivity index (χ0v) is 6.38. The Morgan fingerprint density at radius 2 is 2.33 bits per heavy atom. The van der Waals surface area contributed by atoms with E-state index in [1.807, 2.05) is 0 Å². The molecule has 6 heteroatoms. The van der Waals surface area contributed by atoms with Gasteiger partial charge in [-0.3, -0.25) is 4.79 Å². The highest BCUT2D eigenvalue weighted by molar-refractivity contribution is 5.77. The number of halogens is 2. The molecular formula is C6H8F2N2O2. The first-order valence-electron chi connectivity index (χ1n) is 3.15. The maximum atomic E-state index is 11.3. The molecule has 1 amide bonds. The van der Waals surface area contributed by atoms with Crippen LogP contribution in [0.3, 0.4) is 0 Å². The molecule has 4 nitrogen and oxygen atoms in total. The summed E-state index contributed by atoms with van der Waals surface area (Å²) in [7, 11) is 0. The van der Waals surface area contributed by atoms with Crippen LogP contribution in [0.15, 0.2) is 0 Å². The summed E-state index contributed by atoms with van der Waals surface area (Å²) in [4.78, 5) is 10.6. The Bertz CT molecular complexity index is 190. The van der Waals surface area contributed by atoms with Crippen molar-refractivity contribution in [3.05, 3.63) is 0 Å². The second-order valence-corrected chi connectivity index (χ2v) is 1.99. The quantitative estimate of drug-likeness (QED) is 0.671. The molecule has 0 saturated heterocycles. The van der Waals surface area contributed by atoms with Crippen molar-refractivity contribution >= 4 is 5.91 Å². The average molecular weight is 178 g/mol. The number of hydrogen-bond acceptors (Lipinski definition) is 3. The molecule has 1 atom stereocenters. The average Bonchev–Trinajstić information content (AvgIpc) is 2.00. The van der Waals surface area contributed by atoms with Gasteiger partial charge < -0.3 is 10.1 Å². The predicted molar refractivity (Wildman–Crippen MR) is 35.2 cm³/mol. The maximum absolute atomic E-state index is 11.3. The van der Waals surface area contributed by atoms with Crippen LogP contribution in [0.4, 0.5) is 8.78 Å². The van der Waals surface area contributed by atoms with Crippen LogP contribution in [-0.2, 0) is 9.53 Å². The van der Waals surface area contributed by atoms with Crippen LogP contribution >= 0.6 is 0 Å². The molecule has 12 heavy (non-hydrogen) atoms. The van der Waals surface area contributed by atoms with Gasteiger partial charge in [-0.15, -0.1) is 0 Å². The van der Waals surface area contributed by atoms with Gasteiger partial charge in [-0.1, -0.05) is 0 Å². The third kappa shape index (κ3) is 5.56. The van der Waals surface area contributed by atoms with E-state index in [2.05, 4.69) is 10.1 Å². The summed E-state index contributed by atoms with van der Waals surface area (Å²) in [5.74, 6) is -0.732. The molecule has 0 aromatic carbocycles. The van der Waals surface area contributed by atoms with E-state index in [1.54, 1.807) is 6.07 Å². The van der Waals surface area contributed by atoms with E-state index in [1.165, 1.54) is 6.92 Å². The highest BCUT2D eigenvalue weighted by atomic mass is 19.3. The normalized spacial score (nSPS) is 12.2. The lowest BCUT2D eigenvalue weighted by Gasteiger charge is -2.05. The number of hydrogen-bond donors (Lipinski definition) is 1. The molecule has 68 valence electrons. The van der Waals surface area contributed by atoms with Gasteiger partial charge >= 0.3 is 6.61 Å². The first-order chi connectivity index (χ1) is 5.56. The van der Waals surface area contributed by atoms with Crippen molar-refractivity contribution in [1.82, 2.24) is 5.32 Å². The predicted octanol–water partition coefficient (Wildman–Crippen LogP) is 0.254. The fraction of sp³-hybridized carbons (Fsp3) is 0.667. The molecule has 0 aromatic heterocycles. The number of rotatable bonds is 4.